The van der Waals surface area contributed by atoms with E-state index in [0.717, 1.165) is 25.7 Å². The first-order chi connectivity index (χ1) is 13.1. The monoisotopic (exact) mass is 386 g/mol. The highest BCUT2D eigenvalue weighted by molar-refractivity contribution is 5.91. The minimum Gasteiger partial charge on any atom is -0.451 e. The van der Waals surface area contributed by atoms with Gasteiger partial charge >= 0.3 is 5.97 Å². The molecule has 4 aliphatic carbocycles. The molecular formula is C24H34O4. The van der Waals surface area contributed by atoms with Gasteiger partial charge < -0.3 is 4.74 Å². The number of fused-ring (bicyclic) bond motifs is 5. The van der Waals surface area contributed by atoms with Crippen molar-refractivity contribution in [3.63, 3.8) is 0 Å². The van der Waals surface area contributed by atoms with E-state index in [4.69, 9.17) is 4.74 Å². The lowest BCUT2D eigenvalue weighted by molar-refractivity contribution is -0.188. The fourth-order valence-corrected chi connectivity index (χ4v) is 7.91. The lowest BCUT2D eigenvalue weighted by atomic mass is 9.46. The number of ether oxygens (including phenoxy) is 1. The third-order valence-electron chi connectivity index (χ3n) is 9.29. The number of hydrogen-bond donors (Lipinski definition) is 0. The molecule has 0 unspecified atom stereocenters. The number of Topliss-reactive ketones (excluding diaryl/α,β-unsaturated/α-hetero) is 1. The number of ketones is 2. The molecule has 0 saturated heterocycles. The predicted octanol–water partition coefficient (Wildman–Crippen LogP) is 4.51. The Morgan fingerprint density at radius 3 is 2.46 bits per heavy atom. The van der Waals surface area contributed by atoms with Crippen LogP contribution >= 0.6 is 0 Å². The first kappa shape index (κ1) is 19.8. The molecule has 8 atom stereocenters. The topological polar surface area (TPSA) is 60.4 Å². The number of carbonyl (C=O) groups excluding carboxylic acids is 3. The summed E-state index contributed by atoms with van der Waals surface area (Å²) in [6.07, 6.45) is 7.18. The third-order valence-corrected chi connectivity index (χ3v) is 9.29. The van der Waals surface area contributed by atoms with Crippen LogP contribution in [-0.4, -0.2) is 23.1 Å². The zero-order chi connectivity index (χ0) is 20.4. The van der Waals surface area contributed by atoms with Gasteiger partial charge in [-0.05, 0) is 80.6 Å². The van der Waals surface area contributed by atoms with E-state index in [-0.39, 0.29) is 23.0 Å². The Morgan fingerprint density at radius 2 is 1.82 bits per heavy atom. The summed E-state index contributed by atoms with van der Waals surface area (Å²) in [5.41, 5.74) is 0.131. The summed E-state index contributed by atoms with van der Waals surface area (Å²) in [7, 11) is 0. The van der Waals surface area contributed by atoms with Gasteiger partial charge in [0.15, 0.2) is 17.2 Å². The standard InChI is InChI=1S/C24H34O4/c1-13-14(2)22-19(18-7-6-17(27)12-20(13)18)8-10-23(5)21(22)9-11-24(23,15(3)25)28-16(4)26/h12-14,18-19,21-22H,6-11H2,1-5H3/t13-,14+,18+,19+,21-,22+,23-,24-/m0/s1. The van der Waals surface area contributed by atoms with Crippen molar-refractivity contribution in [1.82, 2.24) is 0 Å². The van der Waals surface area contributed by atoms with Gasteiger partial charge in [0.2, 0.25) is 0 Å². The van der Waals surface area contributed by atoms with Crippen molar-refractivity contribution in [2.45, 2.75) is 78.7 Å². The molecule has 3 saturated carbocycles. The van der Waals surface area contributed by atoms with Crippen LogP contribution in [0.4, 0.5) is 0 Å². The molecule has 3 fully saturated rings. The van der Waals surface area contributed by atoms with Crippen LogP contribution in [0.5, 0.6) is 0 Å². The number of allylic oxidation sites excluding steroid dienone is 1. The van der Waals surface area contributed by atoms with Crippen molar-refractivity contribution < 1.29 is 19.1 Å². The summed E-state index contributed by atoms with van der Waals surface area (Å²) in [5.74, 6) is 2.85. The van der Waals surface area contributed by atoms with Crippen molar-refractivity contribution in [1.29, 1.82) is 0 Å². The Bertz CT molecular complexity index is 752. The average Bonchev–Trinajstić information content (AvgIpc) is 2.92. The fraction of sp³-hybridized carbons (Fsp3) is 0.792. The van der Waals surface area contributed by atoms with Gasteiger partial charge in [-0.25, -0.2) is 0 Å². The normalized spacial score (nSPS) is 47.5. The molecule has 28 heavy (non-hydrogen) atoms. The molecule has 4 aliphatic rings. The molecule has 0 N–H and O–H groups in total. The molecule has 0 spiro atoms. The van der Waals surface area contributed by atoms with Gasteiger partial charge in [0.1, 0.15) is 0 Å². The van der Waals surface area contributed by atoms with Gasteiger partial charge in [-0.3, -0.25) is 14.4 Å². The molecule has 4 heteroatoms. The van der Waals surface area contributed by atoms with Crippen LogP contribution in [0.2, 0.25) is 0 Å². The first-order valence-electron chi connectivity index (χ1n) is 11.1. The van der Waals surface area contributed by atoms with E-state index in [0.29, 0.717) is 48.3 Å². The van der Waals surface area contributed by atoms with Crippen molar-refractivity contribution in [3.05, 3.63) is 11.6 Å². The Kier molecular flexibility index (Phi) is 4.63. The Morgan fingerprint density at radius 1 is 1.11 bits per heavy atom. The third kappa shape index (κ3) is 2.52. The minimum absolute atomic E-state index is 0.00603. The lowest BCUT2D eigenvalue weighted by Gasteiger charge is -2.59. The SMILES string of the molecule is CC(=O)O[C@]1(C(C)=O)CC[C@H]2[C@@H]3[C@H](C)[C@H](C)C4=CC(=O)CC[C@@H]4[C@H]3CC[C@@]21C. The van der Waals surface area contributed by atoms with Gasteiger partial charge in [0, 0.05) is 18.8 Å². The van der Waals surface area contributed by atoms with Crippen molar-refractivity contribution in [3.8, 4) is 0 Å². The molecule has 0 aromatic rings. The summed E-state index contributed by atoms with van der Waals surface area (Å²) < 4.78 is 5.85. The highest BCUT2D eigenvalue weighted by atomic mass is 16.6. The van der Waals surface area contributed by atoms with E-state index >= 15 is 0 Å². The van der Waals surface area contributed by atoms with Crippen LogP contribution < -0.4 is 0 Å². The molecule has 0 heterocycles. The van der Waals surface area contributed by atoms with Crippen molar-refractivity contribution >= 4 is 17.5 Å². The molecule has 0 bridgehead atoms. The van der Waals surface area contributed by atoms with Crippen LogP contribution in [0.1, 0.15) is 73.1 Å². The molecule has 0 amide bonds. The Hall–Kier alpha value is -1.45. The van der Waals surface area contributed by atoms with E-state index in [1.807, 2.05) is 6.08 Å². The van der Waals surface area contributed by atoms with E-state index in [2.05, 4.69) is 20.8 Å². The minimum atomic E-state index is -0.962. The first-order valence-corrected chi connectivity index (χ1v) is 11.1. The Labute approximate surface area is 168 Å². The predicted molar refractivity (Wildman–Crippen MR) is 106 cm³/mol. The molecule has 154 valence electrons. The number of esters is 1. The van der Waals surface area contributed by atoms with Gasteiger partial charge in [-0.2, -0.15) is 0 Å². The Balaban J connectivity index is 1.74. The molecular weight excluding hydrogens is 352 g/mol. The molecule has 0 aromatic heterocycles. The van der Waals surface area contributed by atoms with Crippen LogP contribution in [0, 0.1) is 40.9 Å². The van der Waals surface area contributed by atoms with Gasteiger partial charge in [-0.1, -0.05) is 26.3 Å². The smallest absolute Gasteiger partial charge is 0.303 e. The molecule has 4 rings (SSSR count). The van der Waals surface area contributed by atoms with E-state index in [9.17, 15) is 14.4 Å². The number of rotatable bonds is 2. The second-order valence-electron chi connectivity index (χ2n) is 10.2. The maximum absolute atomic E-state index is 12.8. The zero-order valence-electron chi connectivity index (χ0n) is 17.9. The number of carbonyl (C=O) groups is 3. The maximum atomic E-state index is 12.8. The van der Waals surface area contributed by atoms with Crippen molar-refractivity contribution in [2.24, 2.45) is 40.9 Å². The summed E-state index contributed by atoms with van der Waals surface area (Å²) >= 11 is 0. The molecule has 0 aliphatic heterocycles. The van der Waals surface area contributed by atoms with Gasteiger partial charge in [-0.15, -0.1) is 0 Å². The zero-order valence-corrected chi connectivity index (χ0v) is 17.9. The fourth-order valence-electron chi connectivity index (χ4n) is 7.91. The summed E-state index contributed by atoms with van der Waals surface area (Å²) in [6, 6.07) is 0. The average molecular weight is 387 g/mol. The van der Waals surface area contributed by atoms with Crippen LogP contribution in [0.15, 0.2) is 11.6 Å². The van der Waals surface area contributed by atoms with Gasteiger partial charge in [0.25, 0.3) is 0 Å². The molecule has 0 radical (unpaired) electrons. The molecule has 0 aromatic carbocycles. The number of hydrogen-bond acceptors (Lipinski definition) is 4. The lowest BCUT2D eigenvalue weighted by Crippen LogP contribution is -2.59. The molecule has 4 nitrogen and oxygen atoms in total. The van der Waals surface area contributed by atoms with E-state index < -0.39 is 5.60 Å². The van der Waals surface area contributed by atoms with Crippen LogP contribution in [-0.2, 0) is 19.1 Å². The second kappa shape index (κ2) is 6.53. The van der Waals surface area contributed by atoms with Crippen LogP contribution in [0.3, 0.4) is 0 Å². The summed E-state index contributed by atoms with van der Waals surface area (Å²) in [6.45, 7) is 9.85. The highest BCUT2D eigenvalue weighted by Crippen LogP contribution is 2.67. The van der Waals surface area contributed by atoms with Gasteiger partial charge in [0.05, 0.1) is 0 Å². The van der Waals surface area contributed by atoms with Crippen molar-refractivity contribution in [2.75, 3.05) is 0 Å². The second-order valence-corrected chi connectivity index (χ2v) is 10.2. The maximum Gasteiger partial charge on any atom is 0.303 e. The largest absolute Gasteiger partial charge is 0.451 e. The summed E-state index contributed by atoms with van der Waals surface area (Å²) in [4.78, 5) is 36.8. The summed E-state index contributed by atoms with van der Waals surface area (Å²) in [5, 5.41) is 0. The highest BCUT2D eigenvalue weighted by Gasteiger charge is 2.67. The van der Waals surface area contributed by atoms with E-state index in [1.165, 1.54) is 12.5 Å². The van der Waals surface area contributed by atoms with E-state index in [1.54, 1.807) is 6.92 Å². The quantitative estimate of drug-likeness (QED) is 0.655. The van der Waals surface area contributed by atoms with Crippen LogP contribution in [0.25, 0.3) is 0 Å².